The van der Waals surface area contributed by atoms with E-state index in [-0.39, 0.29) is 18.5 Å². The highest BCUT2D eigenvalue weighted by Crippen LogP contribution is 2.67. The minimum absolute atomic E-state index is 0.0886. The summed E-state index contributed by atoms with van der Waals surface area (Å²) in [6, 6.07) is 11.7. The molecule has 1 amide bonds. The topological polar surface area (TPSA) is 171 Å². The number of aliphatic hydroxyl groups is 3. The van der Waals surface area contributed by atoms with Crippen molar-refractivity contribution >= 4 is 37.5 Å². The number of carbonyl (C=O) groups excluding carboxylic acids is 2. The van der Waals surface area contributed by atoms with E-state index in [2.05, 4.69) is 44.4 Å². The monoisotopic (exact) mass is 854 g/mol. The number of benzene rings is 2. The van der Waals surface area contributed by atoms with Gasteiger partial charge in [-0.25, -0.2) is 0 Å². The molecule has 13 nitrogen and oxygen atoms in total. The van der Waals surface area contributed by atoms with Crippen LogP contribution in [0.3, 0.4) is 0 Å². The predicted octanol–water partition coefficient (Wildman–Crippen LogP) is 3.37. The fraction of sp³-hybridized carbons (Fsp3) is 0.617. The molecule has 14 heteroatoms. The maximum Gasteiger partial charge on any atom is 0.322 e. The molecule has 6 heterocycles. The van der Waals surface area contributed by atoms with E-state index in [1.165, 1.54) is 7.11 Å². The maximum atomic E-state index is 15.4. The van der Waals surface area contributed by atoms with E-state index >= 15 is 4.79 Å². The second-order valence-corrected chi connectivity index (χ2v) is 21.2. The van der Waals surface area contributed by atoms with Crippen molar-refractivity contribution in [2.45, 2.75) is 112 Å². The van der Waals surface area contributed by atoms with Crippen LogP contribution in [0.25, 0.3) is 10.9 Å². The lowest BCUT2D eigenvalue weighted by molar-refractivity contribution is -0.203. The van der Waals surface area contributed by atoms with Crippen LogP contribution in [-0.4, -0.2) is 146 Å². The van der Waals surface area contributed by atoms with Gasteiger partial charge in [-0.2, -0.15) is 0 Å². The Labute approximate surface area is 360 Å². The molecule has 5 aliphatic heterocycles. The summed E-state index contributed by atoms with van der Waals surface area (Å²) in [5.74, 6) is -0.667. The van der Waals surface area contributed by atoms with Crippen LogP contribution in [0.15, 0.2) is 48.6 Å². The van der Waals surface area contributed by atoms with Crippen molar-refractivity contribution in [1.29, 1.82) is 0 Å². The summed E-state index contributed by atoms with van der Waals surface area (Å²) in [7, 11) is 3.45. The van der Waals surface area contributed by atoms with Crippen molar-refractivity contribution in [3.63, 3.8) is 0 Å². The molecular weight excluding hydrogens is 791 g/mol. The minimum atomic E-state index is -2.25. The fourth-order valence-electron chi connectivity index (χ4n) is 13.7. The van der Waals surface area contributed by atoms with Crippen molar-refractivity contribution in [3.05, 3.63) is 70.9 Å². The number of methoxy groups -OCH3 is 2. The number of esters is 1. The molecule has 1 radical (unpaired) electrons. The third kappa shape index (κ3) is 5.91. The maximum absolute atomic E-state index is 15.4. The molecule has 9 rings (SSSR count). The number of para-hydroxylation sites is 1. The summed E-state index contributed by atoms with van der Waals surface area (Å²) < 4.78 is 12.4. The number of hydrogen-bond donors (Lipinski definition) is 6. The number of piperidine rings is 1. The number of carbonyl (C=O) groups is 2. The molecule has 10 atom stereocenters. The number of nitrogens with zero attached hydrogens (tertiary/aromatic N) is 3. The molecule has 1 aliphatic carbocycles. The molecule has 329 valence electrons. The van der Waals surface area contributed by atoms with Gasteiger partial charge in [0.2, 0.25) is 9.04 Å². The first-order chi connectivity index (χ1) is 29.2. The van der Waals surface area contributed by atoms with Gasteiger partial charge in [-0.1, -0.05) is 44.2 Å². The molecule has 1 aromatic heterocycles. The number of H-pyrrole nitrogens is 1. The number of aromatic amines is 1. The lowest BCUT2D eigenvalue weighted by Gasteiger charge is -2.63. The first-order valence-corrected chi connectivity index (χ1v) is 24.5. The standard InChI is InChI=1S/C47H64N5O8Si/c1-7-43(56)25-29-26-46(42(55)60-5,37-31(15-20-51(27-29)28-43)30-13-9-10-14-34(30)49-37)33-23-32-35(24-36(33)59-4)50(3)39-45(32)17-21-52-19-11-16-44(8-2,38(45)52)40(53)47(39,57)41(54)48-18-12-22-61(6)58/h9-11,13-14,16,23-24,29,38-40,49,53,56-58H,7-8,12,15,17-22,25-28H2,1-6H3,(H,48,54)/t29-,38+,39-,40-,43+,44-,45-,46+,47+/m1/s1. The van der Waals surface area contributed by atoms with Gasteiger partial charge in [0, 0.05) is 90.6 Å². The summed E-state index contributed by atoms with van der Waals surface area (Å²) in [4.78, 5) is 50.7. The summed E-state index contributed by atoms with van der Waals surface area (Å²) in [6.07, 6.45) is 6.42. The van der Waals surface area contributed by atoms with Crippen LogP contribution in [0.4, 0.5) is 5.69 Å². The average Bonchev–Trinajstić information content (AvgIpc) is 3.92. The van der Waals surface area contributed by atoms with Gasteiger partial charge < -0.3 is 44.8 Å². The molecule has 1 unspecified atom stereocenters. The van der Waals surface area contributed by atoms with Gasteiger partial charge in [-0.3, -0.25) is 19.4 Å². The van der Waals surface area contributed by atoms with Gasteiger partial charge in [0.05, 0.1) is 25.9 Å². The Balaban J connectivity index is 1.31. The number of ether oxygens (including phenoxy) is 2. The zero-order valence-corrected chi connectivity index (χ0v) is 37.6. The normalized spacial score (nSPS) is 36.4. The number of anilines is 1. The molecule has 2 bridgehead atoms. The molecule has 6 N–H and O–H groups in total. The number of aromatic nitrogens is 1. The van der Waals surface area contributed by atoms with Crippen LogP contribution in [0.5, 0.6) is 5.75 Å². The molecular formula is C47H64N5O8Si. The lowest BCUT2D eigenvalue weighted by atomic mass is 9.47. The largest absolute Gasteiger partial charge is 0.496 e. The molecule has 6 aliphatic rings. The van der Waals surface area contributed by atoms with Gasteiger partial charge in [0.1, 0.15) is 17.3 Å². The summed E-state index contributed by atoms with van der Waals surface area (Å²) in [5, 5.41) is 42.1. The Morgan fingerprint density at radius 3 is 2.56 bits per heavy atom. The lowest BCUT2D eigenvalue weighted by Crippen LogP contribution is -2.81. The smallest absolute Gasteiger partial charge is 0.322 e. The molecule has 3 aromatic rings. The highest BCUT2D eigenvalue weighted by Gasteiger charge is 2.78. The van der Waals surface area contributed by atoms with Crippen LogP contribution in [0.2, 0.25) is 12.6 Å². The second-order valence-electron chi connectivity index (χ2n) is 19.2. The van der Waals surface area contributed by atoms with Crippen LogP contribution >= 0.6 is 0 Å². The number of amides is 1. The zero-order valence-electron chi connectivity index (χ0n) is 36.6. The van der Waals surface area contributed by atoms with E-state index in [0.29, 0.717) is 88.5 Å². The van der Waals surface area contributed by atoms with Gasteiger partial charge >= 0.3 is 5.97 Å². The highest BCUT2D eigenvalue weighted by atomic mass is 28.3. The van der Waals surface area contributed by atoms with Gasteiger partial charge in [-0.15, -0.1) is 0 Å². The first-order valence-electron chi connectivity index (χ1n) is 22.4. The number of likely N-dealkylation sites (N-methyl/N-ethyl adjacent to an activating group) is 1. The number of nitrogens with one attached hydrogen (secondary N) is 2. The second kappa shape index (κ2) is 15.2. The number of rotatable bonds is 10. The SMILES string of the molecule is CC[C@]1(O)C[C@H]2CN(CCc3c([nH]c4ccccc34)[C@@](C(=O)OC)(c3cc4c(cc3OC)N(C)[C@H]3[C@@](O)(C(=O)NCCC[Si](C)O)[C@H](O)[C@]5(CC)C=CCN6CC[C@]43[C@@H]65)C2)C1. The average molecular weight is 855 g/mol. The van der Waals surface area contributed by atoms with E-state index in [9.17, 15) is 24.9 Å². The van der Waals surface area contributed by atoms with E-state index in [1.54, 1.807) is 7.11 Å². The Kier molecular flexibility index (Phi) is 10.6. The van der Waals surface area contributed by atoms with Gasteiger partial charge in [0.25, 0.3) is 5.91 Å². The van der Waals surface area contributed by atoms with Crippen molar-refractivity contribution in [3.8, 4) is 5.75 Å². The molecule has 1 spiro atoms. The van der Waals surface area contributed by atoms with Crippen LogP contribution in [0.1, 0.15) is 74.8 Å². The first kappa shape index (κ1) is 42.5. The third-order valence-corrected chi connectivity index (χ3v) is 17.3. The van der Waals surface area contributed by atoms with E-state index in [4.69, 9.17) is 9.47 Å². The van der Waals surface area contributed by atoms with E-state index in [0.717, 1.165) is 40.0 Å². The Bertz CT molecular complexity index is 2250. The summed E-state index contributed by atoms with van der Waals surface area (Å²) in [6.45, 7) is 9.48. The van der Waals surface area contributed by atoms with Crippen molar-refractivity contribution in [2.75, 3.05) is 65.4 Å². The third-order valence-electron chi connectivity index (χ3n) is 16.2. The number of aliphatic hydroxyl groups excluding tert-OH is 1. The highest BCUT2D eigenvalue weighted by molar-refractivity contribution is 6.48. The molecule has 1 saturated carbocycles. The van der Waals surface area contributed by atoms with Crippen LogP contribution < -0.4 is 15.0 Å². The Hall–Kier alpha value is -3.76. The van der Waals surface area contributed by atoms with Crippen molar-refractivity contribution < 1.29 is 39.2 Å². The van der Waals surface area contributed by atoms with E-state index < -0.39 is 60.5 Å². The minimum Gasteiger partial charge on any atom is -0.496 e. The zero-order chi connectivity index (χ0) is 43.3. The van der Waals surface area contributed by atoms with Crippen LogP contribution in [-0.2, 0) is 31.6 Å². The van der Waals surface area contributed by atoms with Gasteiger partial charge in [-0.05, 0) is 93.3 Å². The van der Waals surface area contributed by atoms with Crippen molar-refractivity contribution in [2.24, 2.45) is 11.3 Å². The molecule has 2 saturated heterocycles. The predicted molar refractivity (Wildman–Crippen MR) is 235 cm³/mol. The Morgan fingerprint density at radius 2 is 1.84 bits per heavy atom. The van der Waals surface area contributed by atoms with E-state index in [1.807, 2.05) is 56.6 Å². The van der Waals surface area contributed by atoms with Crippen molar-refractivity contribution in [1.82, 2.24) is 20.1 Å². The van der Waals surface area contributed by atoms with Gasteiger partial charge in [0.15, 0.2) is 5.60 Å². The molecule has 61 heavy (non-hydrogen) atoms. The summed E-state index contributed by atoms with van der Waals surface area (Å²) in [5.41, 5.74) is -1.39. The molecule has 3 fully saturated rings. The number of fused-ring (bicyclic) bond motifs is 6. The number of hydrogen-bond acceptors (Lipinski definition) is 11. The Morgan fingerprint density at radius 1 is 1.05 bits per heavy atom. The quantitative estimate of drug-likeness (QED) is 0.0766. The van der Waals surface area contributed by atoms with Crippen LogP contribution in [0, 0.1) is 11.3 Å². The summed E-state index contributed by atoms with van der Waals surface area (Å²) >= 11 is 0. The fourth-order valence-corrected chi connectivity index (χ4v) is 14.4. The molecule has 2 aromatic carbocycles.